The highest BCUT2D eigenvalue weighted by Gasteiger charge is 2.42. The average Bonchev–Trinajstić information content (AvgIpc) is 2.41. The Morgan fingerprint density at radius 2 is 1.68 bits per heavy atom. The molecule has 0 aromatic rings. The van der Waals surface area contributed by atoms with Gasteiger partial charge in [-0.05, 0) is 62.9 Å². The summed E-state index contributed by atoms with van der Waals surface area (Å²) < 4.78 is 5.30. The predicted octanol–water partition coefficient (Wildman–Crippen LogP) is 2.64. The lowest BCUT2D eigenvalue weighted by molar-refractivity contribution is -0.00821. The van der Waals surface area contributed by atoms with Gasteiger partial charge in [0, 0.05) is 25.8 Å². The van der Waals surface area contributed by atoms with Crippen LogP contribution in [0, 0.1) is 11.3 Å². The van der Waals surface area contributed by atoms with Crippen molar-refractivity contribution in [2.45, 2.75) is 57.9 Å². The molecule has 0 unspecified atom stereocenters. The molecular formula is C16H32N2O. The van der Waals surface area contributed by atoms with E-state index in [1.807, 2.05) is 7.11 Å². The van der Waals surface area contributed by atoms with Crippen LogP contribution in [0.5, 0.6) is 0 Å². The number of hydrogen-bond acceptors (Lipinski definition) is 3. The van der Waals surface area contributed by atoms with E-state index in [1.165, 1.54) is 51.6 Å². The van der Waals surface area contributed by atoms with Crippen molar-refractivity contribution in [3.63, 3.8) is 0 Å². The van der Waals surface area contributed by atoms with Crippen LogP contribution in [-0.4, -0.2) is 43.8 Å². The molecule has 0 atom stereocenters. The van der Waals surface area contributed by atoms with Gasteiger partial charge >= 0.3 is 0 Å². The Balaban J connectivity index is 1.92. The standard InChI is InChI=1S/C16H32N2O/c1-15(2)6-8-16(13-17,9-7-15)18-10-4-14(5-11-18)12-19-3/h14H,4-13,17H2,1-3H3. The second kappa shape index (κ2) is 6.11. The van der Waals surface area contributed by atoms with Crippen molar-refractivity contribution in [2.24, 2.45) is 17.1 Å². The van der Waals surface area contributed by atoms with Crippen LogP contribution >= 0.6 is 0 Å². The summed E-state index contributed by atoms with van der Waals surface area (Å²) in [5, 5.41) is 0. The van der Waals surface area contributed by atoms with Gasteiger partial charge in [-0.25, -0.2) is 0 Å². The molecule has 1 saturated carbocycles. The Morgan fingerprint density at radius 1 is 1.11 bits per heavy atom. The Hall–Kier alpha value is -0.120. The highest BCUT2D eigenvalue weighted by Crippen LogP contribution is 2.43. The molecule has 1 saturated heterocycles. The molecular weight excluding hydrogens is 236 g/mol. The van der Waals surface area contributed by atoms with Crippen molar-refractivity contribution in [1.29, 1.82) is 0 Å². The maximum absolute atomic E-state index is 6.18. The number of likely N-dealkylation sites (tertiary alicyclic amines) is 1. The maximum atomic E-state index is 6.18. The van der Waals surface area contributed by atoms with Crippen molar-refractivity contribution < 1.29 is 4.74 Å². The molecule has 3 heteroatoms. The fourth-order valence-corrected chi connectivity index (χ4v) is 3.85. The fraction of sp³-hybridized carbons (Fsp3) is 1.00. The van der Waals surface area contributed by atoms with E-state index in [2.05, 4.69) is 18.7 Å². The van der Waals surface area contributed by atoms with E-state index in [0.29, 0.717) is 11.0 Å². The first-order valence-corrected chi connectivity index (χ1v) is 7.95. The number of ether oxygens (including phenoxy) is 1. The summed E-state index contributed by atoms with van der Waals surface area (Å²) in [6.07, 6.45) is 7.76. The first-order valence-electron chi connectivity index (χ1n) is 7.95. The van der Waals surface area contributed by atoms with Crippen LogP contribution in [0.25, 0.3) is 0 Å². The van der Waals surface area contributed by atoms with E-state index < -0.39 is 0 Å². The monoisotopic (exact) mass is 268 g/mol. The smallest absolute Gasteiger partial charge is 0.0491 e. The van der Waals surface area contributed by atoms with Crippen LogP contribution in [0.1, 0.15) is 52.4 Å². The van der Waals surface area contributed by atoms with Gasteiger partial charge in [-0.3, -0.25) is 4.90 Å². The maximum Gasteiger partial charge on any atom is 0.0491 e. The normalized spacial score (nSPS) is 28.4. The highest BCUT2D eigenvalue weighted by atomic mass is 16.5. The minimum Gasteiger partial charge on any atom is -0.384 e. The van der Waals surface area contributed by atoms with E-state index in [0.717, 1.165) is 19.1 Å². The van der Waals surface area contributed by atoms with Crippen molar-refractivity contribution in [1.82, 2.24) is 4.90 Å². The van der Waals surface area contributed by atoms with E-state index in [9.17, 15) is 0 Å². The number of nitrogens with two attached hydrogens (primary N) is 1. The third kappa shape index (κ3) is 3.50. The molecule has 0 bridgehead atoms. The molecule has 1 aliphatic heterocycles. The predicted molar refractivity (Wildman–Crippen MR) is 80.2 cm³/mol. The van der Waals surface area contributed by atoms with Gasteiger partial charge in [0.2, 0.25) is 0 Å². The Labute approximate surface area is 118 Å². The van der Waals surface area contributed by atoms with Gasteiger partial charge in [-0.1, -0.05) is 13.8 Å². The van der Waals surface area contributed by atoms with Gasteiger partial charge in [0.25, 0.3) is 0 Å². The lowest BCUT2D eigenvalue weighted by atomic mass is 9.68. The second-order valence-corrected chi connectivity index (χ2v) is 7.48. The minimum atomic E-state index is 0.299. The lowest BCUT2D eigenvalue weighted by Crippen LogP contribution is -2.58. The van der Waals surface area contributed by atoms with E-state index in [-0.39, 0.29) is 0 Å². The third-order valence-corrected chi connectivity index (χ3v) is 5.60. The summed E-state index contributed by atoms with van der Waals surface area (Å²) in [6, 6.07) is 0. The van der Waals surface area contributed by atoms with Crippen molar-refractivity contribution in [3.05, 3.63) is 0 Å². The second-order valence-electron chi connectivity index (χ2n) is 7.48. The Morgan fingerprint density at radius 3 is 2.16 bits per heavy atom. The Kier molecular flexibility index (Phi) is 4.91. The molecule has 2 fully saturated rings. The molecule has 2 aliphatic rings. The van der Waals surface area contributed by atoms with E-state index in [4.69, 9.17) is 10.5 Å². The molecule has 2 N–H and O–H groups in total. The van der Waals surface area contributed by atoms with Gasteiger partial charge in [0.1, 0.15) is 0 Å². The third-order valence-electron chi connectivity index (χ3n) is 5.60. The molecule has 0 spiro atoms. The lowest BCUT2D eigenvalue weighted by Gasteiger charge is -2.51. The number of methoxy groups -OCH3 is 1. The van der Waals surface area contributed by atoms with Gasteiger partial charge < -0.3 is 10.5 Å². The van der Waals surface area contributed by atoms with Crippen LogP contribution in [0.3, 0.4) is 0 Å². The molecule has 0 aromatic carbocycles. The topological polar surface area (TPSA) is 38.5 Å². The summed E-state index contributed by atoms with van der Waals surface area (Å²) in [4.78, 5) is 2.70. The zero-order valence-electron chi connectivity index (χ0n) is 13.1. The van der Waals surface area contributed by atoms with Crippen molar-refractivity contribution >= 4 is 0 Å². The zero-order chi connectivity index (χ0) is 13.9. The summed E-state index contributed by atoms with van der Waals surface area (Å²) >= 11 is 0. The zero-order valence-corrected chi connectivity index (χ0v) is 13.1. The molecule has 2 rings (SSSR count). The molecule has 0 aromatic heterocycles. The van der Waals surface area contributed by atoms with Crippen LogP contribution in [-0.2, 0) is 4.74 Å². The van der Waals surface area contributed by atoms with E-state index in [1.54, 1.807) is 0 Å². The first-order chi connectivity index (χ1) is 9.01. The van der Waals surface area contributed by atoms with E-state index >= 15 is 0 Å². The number of hydrogen-bond donors (Lipinski definition) is 1. The largest absolute Gasteiger partial charge is 0.384 e. The van der Waals surface area contributed by atoms with Gasteiger partial charge in [0.05, 0.1) is 0 Å². The van der Waals surface area contributed by atoms with Gasteiger partial charge in [-0.2, -0.15) is 0 Å². The summed E-state index contributed by atoms with van der Waals surface area (Å²) in [7, 11) is 1.82. The molecule has 0 radical (unpaired) electrons. The molecule has 3 nitrogen and oxygen atoms in total. The van der Waals surface area contributed by atoms with Crippen LogP contribution in [0.15, 0.2) is 0 Å². The van der Waals surface area contributed by atoms with Gasteiger partial charge in [0.15, 0.2) is 0 Å². The molecule has 0 amide bonds. The Bertz CT molecular complexity index is 272. The minimum absolute atomic E-state index is 0.299. The van der Waals surface area contributed by atoms with Gasteiger partial charge in [-0.15, -0.1) is 0 Å². The molecule has 1 heterocycles. The SMILES string of the molecule is COCC1CCN(C2(CN)CCC(C)(C)CC2)CC1. The van der Waals surface area contributed by atoms with Crippen molar-refractivity contribution in [3.8, 4) is 0 Å². The number of piperidine rings is 1. The fourth-order valence-electron chi connectivity index (χ4n) is 3.85. The van der Waals surface area contributed by atoms with Crippen molar-refractivity contribution in [2.75, 3.05) is 33.4 Å². The first kappa shape index (κ1) is 15.3. The molecule has 112 valence electrons. The van der Waals surface area contributed by atoms with Crippen LogP contribution in [0.4, 0.5) is 0 Å². The molecule has 19 heavy (non-hydrogen) atoms. The number of rotatable bonds is 4. The highest BCUT2D eigenvalue weighted by molar-refractivity contribution is 4.99. The quantitative estimate of drug-likeness (QED) is 0.852. The number of nitrogens with zero attached hydrogens (tertiary/aromatic N) is 1. The van der Waals surface area contributed by atoms with Crippen LogP contribution < -0.4 is 5.73 Å². The summed E-state index contributed by atoms with van der Waals surface area (Å²) in [5.41, 5.74) is 7.00. The van der Waals surface area contributed by atoms with Crippen LogP contribution in [0.2, 0.25) is 0 Å². The summed E-state index contributed by atoms with van der Waals surface area (Å²) in [6.45, 7) is 8.99. The average molecular weight is 268 g/mol. The summed E-state index contributed by atoms with van der Waals surface area (Å²) in [5.74, 6) is 0.760. The molecule has 1 aliphatic carbocycles.